The van der Waals surface area contributed by atoms with Crippen LogP contribution in [0.15, 0.2) is 41.3 Å². The first-order chi connectivity index (χ1) is 12.5. The third-order valence-electron chi connectivity index (χ3n) is 4.57. The van der Waals surface area contributed by atoms with Gasteiger partial charge in [-0.3, -0.25) is 9.82 Å². The van der Waals surface area contributed by atoms with Crippen LogP contribution in [-0.2, 0) is 27.6 Å². The van der Waals surface area contributed by atoms with Crippen LogP contribution < -0.4 is 4.72 Å². The number of sulfonamides is 1. The number of benzene rings is 2. The molecule has 0 radical (unpaired) electrons. The van der Waals surface area contributed by atoms with Crippen LogP contribution in [0, 0.1) is 0 Å². The van der Waals surface area contributed by atoms with Crippen molar-refractivity contribution < 1.29 is 17.9 Å². The molecule has 4 rings (SSSR count). The molecule has 0 saturated heterocycles. The Morgan fingerprint density at radius 3 is 2.77 bits per heavy atom. The minimum atomic E-state index is -3.72. The number of rotatable bonds is 4. The Balaban J connectivity index is 1.68. The average Bonchev–Trinajstić information content (AvgIpc) is 3.26. The van der Waals surface area contributed by atoms with Gasteiger partial charge in [-0.25, -0.2) is 13.2 Å². The van der Waals surface area contributed by atoms with Gasteiger partial charge in [-0.15, -0.1) is 0 Å². The largest absolute Gasteiger partial charge is 0.464 e. The number of aryl methyl sites for hydroxylation is 2. The molecule has 1 aliphatic carbocycles. The van der Waals surface area contributed by atoms with Gasteiger partial charge in [0.25, 0.3) is 10.0 Å². The van der Waals surface area contributed by atoms with Gasteiger partial charge in [0.15, 0.2) is 5.69 Å². The summed E-state index contributed by atoms with van der Waals surface area (Å²) in [7, 11) is -2.45. The lowest BCUT2D eigenvalue weighted by Gasteiger charge is -2.10. The number of nitrogens with zero attached hydrogens (tertiary/aromatic N) is 1. The predicted octanol–water partition coefficient (Wildman–Crippen LogP) is 2.64. The summed E-state index contributed by atoms with van der Waals surface area (Å²) in [6.07, 6.45) is 2.96. The molecule has 0 fully saturated rings. The van der Waals surface area contributed by atoms with Crippen molar-refractivity contribution in [2.75, 3.05) is 11.8 Å². The Bertz CT molecular complexity index is 1120. The molecular weight excluding hydrogens is 354 g/mol. The van der Waals surface area contributed by atoms with Crippen molar-refractivity contribution in [1.29, 1.82) is 0 Å². The Labute approximate surface area is 150 Å². The molecule has 0 saturated carbocycles. The Morgan fingerprint density at radius 2 is 1.96 bits per heavy atom. The Morgan fingerprint density at radius 1 is 1.15 bits per heavy atom. The van der Waals surface area contributed by atoms with Gasteiger partial charge >= 0.3 is 5.97 Å². The van der Waals surface area contributed by atoms with E-state index < -0.39 is 16.0 Å². The van der Waals surface area contributed by atoms with Gasteiger partial charge in [0, 0.05) is 11.1 Å². The number of fused-ring (bicyclic) bond motifs is 2. The van der Waals surface area contributed by atoms with E-state index in [4.69, 9.17) is 4.74 Å². The lowest BCUT2D eigenvalue weighted by atomic mass is 10.1. The maximum absolute atomic E-state index is 12.7. The highest BCUT2D eigenvalue weighted by molar-refractivity contribution is 7.92. The summed E-state index contributed by atoms with van der Waals surface area (Å²) in [5.74, 6) is -0.588. The van der Waals surface area contributed by atoms with Gasteiger partial charge in [0.05, 0.1) is 17.5 Å². The summed E-state index contributed by atoms with van der Waals surface area (Å²) in [5, 5.41) is 7.14. The normalized spacial score (nSPS) is 13.6. The zero-order valence-electron chi connectivity index (χ0n) is 14.1. The summed E-state index contributed by atoms with van der Waals surface area (Å²) < 4.78 is 32.7. The summed E-state index contributed by atoms with van der Waals surface area (Å²) in [5.41, 5.74) is 3.38. The maximum atomic E-state index is 12.7. The van der Waals surface area contributed by atoms with Gasteiger partial charge in [0.1, 0.15) is 0 Å². The number of H-pyrrole nitrogens is 1. The molecular formula is C18H17N3O4S. The molecule has 0 aliphatic heterocycles. The van der Waals surface area contributed by atoms with E-state index in [9.17, 15) is 13.2 Å². The highest BCUT2D eigenvalue weighted by Crippen LogP contribution is 2.27. The van der Waals surface area contributed by atoms with E-state index in [1.165, 1.54) is 12.7 Å². The van der Waals surface area contributed by atoms with Gasteiger partial charge in [-0.1, -0.05) is 6.07 Å². The number of aromatic nitrogens is 2. The number of ether oxygens (including phenoxy) is 1. The molecule has 0 amide bonds. The summed E-state index contributed by atoms with van der Waals surface area (Å²) in [4.78, 5) is 12.0. The van der Waals surface area contributed by atoms with Crippen molar-refractivity contribution in [3.8, 4) is 0 Å². The Hall–Kier alpha value is -2.87. The van der Waals surface area contributed by atoms with Crippen molar-refractivity contribution >= 4 is 32.6 Å². The molecule has 7 nitrogen and oxygen atoms in total. The summed E-state index contributed by atoms with van der Waals surface area (Å²) in [6.45, 7) is 0. The van der Waals surface area contributed by atoms with Crippen LogP contribution in [0.2, 0.25) is 0 Å². The fourth-order valence-corrected chi connectivity index (χ4v) is 4.36. The van der Waals surface area contributed by atoms with E-state index in [1.807, 2.05) is 6.07 Å². The fraction of sp³-hybridized carbons (Fsp3) is 0.222. The zero-order chi connectivity index (χ0) is 18.3. The van der Waals surface area contributed by atoms with E-state index in [0.717, 1.165) is 24.8 Å². The third-order valence-corrected chi connectivity index (χ3v) is 5.95. The third kappa shape index (κ3) is 2.82. The quantitative estimate of drug-likeness (QED) is 0.687. The second-order valence-electron chi connectivity index (χ2n) is 6.21. The molecule has 1 heterocycles. The predicted molar refractivity (Wildman–Crippen MR) is 96.7 cm³/mol. The maximum Gasteiger partial charge on any atom is 0.359 e. The lowest BCUT2D eigenvalue weighted by Crippen LogP contribution is -2.13. The van der Waals surface area contributed by atoms with Crippen LogP contribution in [-0.4, -0.2) is 31.7 Å². The second-order valence-corrected chi connectivity index (χ2v) is 7.90. The van der Waals surface area contributed by atoms with E-state index in [-0.39, 0.29) is 10.6 Å². The molecule has 26 heavy (non-hydrogen) atoms. The van der Waals surface area contributed by atoms with E-state index in [1.54, 1.807) is 30.3 Å². The minimum absolute atomic E-state index is 0.112. The lowest BCUT2D eigenvalue weighted by molar-refractivity contribution is 0.0596. The SMILES string of the molecule is COC(=O)c1n[nH]c2ccc(NS(=O)(=O)c3ccc4c(c3)CCC4)cc12. The van der Waals surface area contributed by atoms with Gasteiger partial charge in [-0.05, 0) is 60.7 Å². The van der Waals surface area contributed by atoms with E-state index >= 15 is 0 Å². The number of methoxy groups -OCH3 is 1. The highest BCUT2D eigenvalue weighted by atomic mass is 32.2. The molecule has 2 N–H and O–H groups in total. The number of nitrogens with one attached hydrogen (secondary N) is 2. The van der Waals surface area contributed by atoms with E-state index in [0.29, 0.717) is 16.6 Å². The monoisotopic (exact) mass is 371 g/mol. The molecule has 134 valence electrons. The number of hydrogen-bond donors (Lipinski definition) is 2. The number of carbonyl (C=O) groups is 1. The van der Waals surface area contributed by atoms with Crippen molar-refractivity contribution in [3.63, 3.8) is 0 Å². The smallest absolute Gasteiger partial charge is 0.359 e. The molecule has 1 aromatic heterocycles. The number of hydrogen-bond acceptors (Lipinski definition) is 5. The number of esters is 1. The molecule has 1 aliphatic rings. The van der Waals surface area contributed by atoms with Crippen LogP contribution in [0.4, 0.5) is 5.69 Å². The number of anilines is 1. The molecule has 0 bridgehead atoms. The van der Waals surface area contributed by atoms with Crippen molar-refractivity contribution in [3.05, 3.63) is 53.2 Å². The van der Waals surface area contributed by atoms with Crippen molar-refractivity contribution in [1.82, 2.24) is 10.2 Å². The first-order valence-electron chi connectivity index (χ1n) is 8.19. The number of carbonyl (C=O) groups excluding carboxylic acids is 1. The molecule has 0 atom stereocenters. The zero-order valence-corrected chi connectivity index (χ0v) is 14.9. The van der Waals surface area contributed by atoms with Gasteiger partial charge < -0.3 is 4.74 Å². The van der Waals surface area contributed by atoms with Crippen LogP contribution in [0.5, 0.6) is 0 Å². The van der Waals surface area contributed by atoms with Crippen LogP contribution in [0.25, 0.3) is 10.9 Å². The molecule has 0 spiro atoms. The molecule has 0 unspecified atom stereocenters. The highest BCUT2D eigenvalue weighted by Gasteiger charge is 2.20. The summed E-state index contributed by atoms with van der Waals surface area (Å²) in [6, 6.07) is 10.1. The van der Waals surface area contributed by atoms with Crippen molar-refractivity contribution in [2.45, 2.75) is 24.2 Å². The van der Waals surface area contributed by atoms with Crippen LogP contribution >= 0.6 is 0 Å². The topological polar surface area (TPSA) is 101 Å². The Kier molecular flexibility index (Phi) is 3.91. The second kappa shape index (κ2) is 6.14. The number of aromatic amines is 1. The van der Waals surface area contributed by atoms with Crippen LogP contribution in [0.3, 0.4) is 0 Å². The van der Waals surface area contributed by atoms with Crippen LogP contribution in [0.1, 0.15) is 28.0 Å². The fourth-order valence-electron chi connectivity index (χ4n) is 3.26. The first kappa shape index (κ1) is 16.6. The minimum Gasteiger partial charge on any atom is -0.464 e. The molecule has 3 aromatic rings. The summed E-state index contributed by atoms with van der Waals surface area (Å²) >= 11 is 0. The average molecular weight is 371 g/mol. The molecule has 8 heteroatoms. The molecule has 2 aromatic carbocycles. The van der Waals surface area contributed by atoms with E-state index in [2.05, 4.69) is 14.9 Å². The first-order valence-corrected chi connectivity index (χ1v) is 9.67. The van der Waals surface area contributed by atoms with Crippen molar-refractivity contribution in [2.24, 2.45) is 0 Å². The van der Waals surface area contributed by atoms with Gasteiger partial charge in [-0.2, -0.15) is 5.10 Å². The standard InChI is InChI=1S/C18H17N3O4S/c1-25-18(22)17-15-10-13(6-8-16(15)19-20-17)21-26(23,24)14-7-5-11-3-2-4-12(11)9-14/h5-10,21H,2-4H2,1H3,(H,19,20). The van der Waals surface area contributed by atoms with Gasteiger partial charge in [0.2, 0.25) is 0 Å².